The van der Waals surface area contributed by atoms with E-state index in [-0.39, 0.29) is 5.56 Å². The minimum Gasteiger partial charge on any atom is -0.205 e. The second-order valence-electron chi connectivity index (χ2n) is 2.30. The third kappa shape index (κ3) is 1.99. The molecule has 0 saturated carbocycles. The van der Waals surface area contributed by atoms with Crippen LogP contribution >= 0.6 is 15.9 Å². The summed E-state index contributed by atoms with van der Waals surface area (Å²) in [5.74, 6) is 0. The van der Waals surface area contributed by atoms with Crippen LogP contribution in [0.15, 0.2) is 22.7 Å². The highest BCUT2D eigenvalue weighted by Crippen LogP contribution is 2.24. The van der Waals surface area contributed by atoms with Crippen molar-refractivity contribution in [3.63, 3.8) is 0 Å². The molecule has 1 aromatic carbocycles. The van der Waals surface area contributed by atoms with E-state index in [1.807, 2.05) is 0 Å². The van der Waals surface area contributed by atoms with E-state index in [4.69, 9.17) is 0 Å². The number of hydrogen-bond acceptors (Lipinski definition) is 0. The van der Waals surface area contributed by atoms with E-state index >= 15 is 0 Å². The summed E-state index contributed by atoms with van der Waals surface area (Å²) in [6, 6.07) is 4.74. The monoisotopic (exact) mass is 220 g/mol. The maximum Gasteiger partial charge on any atom is 0.264 e. The molecule has 0 heterocycles. The van der Waals surface area contributed by atoms with Gasteiger partial charge in [-0.05, 0) is 24.6 Å². The summed E-state index contributed by atoms with van der Waals surface area (Å²) in [6.07, 6.45) is -2.37. The minimum atomic E-state index is -2.37. The second-order valence-corrected chi connectivity index (χ2v) is 3.22. The molecule has 0 spiro atoms. The van der Waals surface area contributed by atoms with Gasteiger partial charge in [-0.15, -0.1) is 0 Å². The highest BCUT2D eigenvalue weighted by molar-refractivity contribution is 9.10. The SMILES string of the molecule is Cc1cc(Br)ccc1C(F)F. The van der Waals surface area contributed by atoms with E-state index < -0.39 is 6.43 Å². The topological polar surface area (TPSA) is 0 Å². The molecule has 0 radical (unpaired) electrons. The van der Waals surface area contributed by atoms with E-state index in [0.717, 1.165) is 4.47 Å². The molecule has 0 aliphatic heterocycles. The molecule has 0 bridgehead atoms. The number of alkyl halides is 2. The van der Waals surface area contributed by atoms with Crippen LogP contribution in [-0.2, 0) is 0 Å². The Morgan fingerprint density at radius 3 is 2.45 bits per heavy atom. The van der Waals surface area contributed by atoms with Crippen LogP contribution in [0.2, 0.25) is 0 Å². The number of hydrogen-bond donors (Lipinski definition) is 0. The number of rotatable bonds is 1. The molecule has 60 valence electrons. The third-order valence-corrected chi connectivity index (χ3v) is 1.96. The van der Waals surface area contributed by atoms with Gasteiger partial charge >= 0.3 is 0 Å². The maximum absolute atomic E-state index is 12.1. The van der Waals surface area contributed by atoms with Crippen molar-refractivity contribution in [3.8, 4) is 0 Å². The molecule has 3 heteroatoms. The minimum absolute atomic E-state index is 0.105. The Bertz CT molecular complexity index is 258. The summed E-state index contributed by atoms with van der Waals surface area (Å²) in [4.78, 5) is 0. The fraction of sp³-hybridized carbons (Fsp3) is 0.250. The van der Waals surface area contributed by atoms with Crippen molar-refractivity contribution in [2.45, 2.75) is 13.3 Å². The van der Waals surface area contributed by atoms with Crippen molar-refractivity contribution in [1.29, 1.82) is 0 Å². The molecule has 1 aromatic rings. The maximum atomic E-state index is 12.1. The van der Waals surface area contributed by atoms with Crippen LogP contribution in [0.5, 0.6) is 0 Å². The molecule has 0 fully saturated rings. The van der Waals surface area contributed by atoms with Crippen molar-refractivity contribution < 1.29 is 8.78 Å². The average molecular weight is 221 g/mol. The number of aryl methyl sites for hydroxylation is 1. The van der Waals surface area contributed by atoms with Crippen molar-refractivity contribution in [2.75, 3.05) is 0 Å². The van der Waals surface area contributed by atoms with Gasteiger partial charge in [-0.1, -0.05) is 22.0 Å². The number of halogens is 3. The van der Waals surface area contributed by atoms with Crippen molar-refractivity contribution in [2.24, 2.45) is 0 Å². The predicted octanol–water partition coefficient (Wildman–Crippen LogP) is 3.70. The van der Waals surface area contributed by atoms with Crippen molar-refractivity contribution in [3.05, 3.63) is 33.8 Å². The molecular formula is C8H7BrF2. The average Bonchev–Trinajstić information content (AvgIpc) is 1.85. The van der Waals surface area contributed by atoms with E-state index in [1.54, 1.807) is 19.1 Å². The molecule has 11 heavy (non-hydrogen) atoms. The van der Waals surface area contributed by atoms with Gasteiger partial charge in [0.15, 0.2) is 0 Å². The Balaban J connectivity index is 3.09. The Morgan fingerprint density at radius 1 is 1.36 bits per heavy atom. The summed E-state index contributed by atoms with van der Waals surface area (Å²) >= 11 is 3.20. The van der Waals surface area contributed by atoms with E-state index in [0.29, 0.717) is 5.56 Å². The molecular weight excluding hydrogens is 214 g/mol. The van der Waals surface area contributed by atoms with Crippen LogP contribution in [0, 0.1) is 6.92 Å². The van der Waals surface area contributed by atoms with Crippen LogP contribution in [0.4, 0.5) is 8.78 Å². The normalized spacial score (nSPS) is 10.6. The van der Waals surface area contributed by atoms with Crippen LogP contribution in [0.25, 0.3) is 0 Å². The largest absolute Gasteiger partial charge is 0.264 e. The van der Waals surface area contributed by atoms with Crippen molar-refractivity contribution in [1.82, 2.24) is 0 Å². The Kier molecular flexibility index (Phi) is 2.60. The van der Waals surface area contributed by atoms with E-state index in [9.17, 15) is 8.78 Å². The van der Waals surface area contributed by atoms with Crippen LogP contribution < -0.4 is 0 Å². The molecule has 0 N–H and O–H groups in total. The quantitative estimate of drug-likeness (QED) is 0.678. The molecule has 0 nitrogen and oxygen atoms in total. The van der Waals surface area contributed by atoms with Gasteiger partial charge in [-0.25, -0.2) is 8.78 Å². The van der Waals surface area contributed by atoms with Gasteiger partial charge in [0.1, 0.15) is 0 Å². The zero-order valence-corrected chi connectivity index (χ0v) is 7.53. The lowest BCUT2D eigenvalue weighted by Crippen LogP contribution is -1.87. The smallest absolute Gasteiger partial charge is 0.205 e. The van der Waals surface area contributed by atoms with Crippen LogP contribution in [-0.4, -0.2) is 0 Å². The molecule has 0 aliphatic carbocycles. The van der Waals surface area contributed by atoms with Gasteiger partial charge in [-0.2, -0.15) is 0 Å². The molecule has 0 aromatic heterocycles. The summed E-state index contributed by atoms with van der Waals surface area (Å²) in [5.41, 5.74) is 0.725. The van der Waals surface area contributed by atoms with Gasteiger partial charge in [-0.3, -0.25) is 0 Å². The van der Waals surface area contributed by atoms with Gasteiger partial charge < -0.3 is 0 Å². The van der Waals surface area contributed by atoms with Gasteiger partial charge in [0.2, 0.25) is 0 Å². The highest BCUT2D eigenvalue weighted by Gasteiger charge is 2.09. The molecule has 0 amide bonds. The lowest BCUT2D eigenvalue weighted by molar-refractivity contribution is 0.150. The second kappa shape index (κ2) is 3.30. The first-order valence-corrected chi connectivity index (χ1v) is 3.95. The third-order valence-electron chi connectivity index (χ3n) is 1.47. The first kappa shape index (κ1) is 8.65. The lowest BCUT2D eigenvalue weighted by Gasteiger charge is -2.03. The van der Waals surface area contributed by atoms with Crippen LogP contribution in [0.3, 0.4) is 0 Å². The Labute approximate surface area is 72.4 Å². The molecule has 1 rings (SSSR count). The zero-order chi connectivity index (χ0) is 8.43. The van der Waals surface area contributed by atoms with Crippen molar-refractivity contribution >= 4 is 15.9 Å². The first-order chi connectivity index (χ1) is 5.11. The fourth-order valence-corrected chi connectivity index (χ4v) is 1.36. The lowest BCUT2D eigenvalue weighted by atomic mass is 10.1. The van der Waals surface area contributed by atoms with Gasteiger partial charge in [0.05, 0.1) is 0 Å². The van der Waals surface area contributed by atoms with Gasteiger partial charge in [0, 0.05) is 10.0 Å². The first-order valence-electron chi connectivity index (χ1n) is 3.15. The van der Waals surface area contributed by atoms with Crippen LogP contribution in [0.1, 0.15) is 17.6 Å². The molecule has 0 aliphatic rings. The van der Waals surface area contributed by atoms with Gasteiger partial charge in [0.25, 0.3) is 6.43 Å². The summed E-state index contributed by atoms with van der Waals surface area (Å²) in [6.45, 7) is 1.67. The number of benzene rings is 1. The zero-order valence-electron chi connectivity index (χ0n) is 5.94. The molecule has 0 unspecified atom stereocenters. The predicted molar refractivity (Wildman–Crippen MR) is 43.8 cm³/mol. The molecule has 0 atom stereocenters. The summed E-state index contributed by atoms with van der Waals surface area (Å²) < 4.78 is 25.1. The Hall–Kier alpha value is -0.440. The highest BCUT2D eigenvalue weighted by atomic mass is 79.9. The van der Waals surface area contributed by atoms with E-state index in [2.05, 4.69) is 15.9 Å². The summed E-state index contributed by atoms with van der Waals surface area (Å²) in [7, 11) is 0. The summed E-state index contributed by atoms with van der Waals surface area (Å²) in [5, 5.41) is 0. The standard InChI is InChI=1S/C8H7BrF2/c1-5-4-6(9)2-3-7(5)8(10)11/h2-4,8H,1H3. The molecule has 0 saturated heterocycles. The Morgan fingerprint density at radius 2 is 2.00 bits per heavy atom. The fourth-order valence-electron chi connectivity index (χ4n) is 0.884. The van der Waals surface area contributed by atoms with E-state index in [1.165, 1.54) is 6.07 Å².